The van der Waals surface area contributed by atoms with E-state index < -0.39 is 0 Å². The first kappa shape index (κ1) is 17.9. The Hall–Kier alpha value is -2.88. The normalized spacial score (nSPS) is 10.6. The van der Waals surface area contributed by atoms with Crippen molar-refractivity contribution < 1.29 is 0 Å². The zero-order valence-corrected chi connectivity index (χ0v) is 15.7. The van der Waals surface area contributed by atoms with Gasteiger partial charge >= 0.3 is 0 Å². The topological polar surface area (TPSA) is 49.8 Å². The van der Waals surface area contributed by atoms with Crippen molar-refractivity contribution >= 4 is 17.5 Å². The highest BCUT2D eigenvalue weighted by atomic mass is 15.1. The fraction of sp³-hybridized carbons (Fsp3) is 0.273. The van der Waals surface area contributed by atoms with Crippen LogP contribution < -0.4 is 10.6 Å². The van der Waals surface area contributed by atoms with Gasteiger partial charge < -0.3 is 10.6 Å². The Morgan fingerprint density at radius 1 is 0.846 bits per heavy atom. The van der Waals surface area contributed by atoms with Gasteiger partial charge in [-0.1, -0.05) is 48.5 Å². The molecular formula is C22H26N4. The van der Waals surface area contributed by atoms with E-state index in [1.165, 1.54) is 16.7 Å². The number of rotatable bonds is 7. The first-order valence-electron chi connectivity index (χ1n) is 9.08. The van der Waals surface area contributed by atoms with E-state index >= 15 is 0 Å². The fourth-order valence-corrected chi connectivity index (χ4v) is 2.99. The minimum atomic E-state index is 0.673. The molecule has 0 spiro atoms. The molecule has 134 valence electrons. The van der Waals surface area contributed by atoms with Gasteiger partial charge in [0.2, 0.25) is 5.95 Å². The molecule has 3 rings (SSSR count). The summed E-state index contributed by atoms with van der Waals surface area (Å²) in [6, 6.07) is 18.8. The van der Waals surface area contributed by atoms with Crippen molar-refractivity contribution in [2.24, 2.45) is 0 Å². The smallest absolute Gasteiger partial charge is 0.224 e. The van der Waals surface area contributed by atoms with Crippen molar-refractivity contribution in [2.45, 2.75) is 33.6 Å². The summed E-state index contributed by atoms with van der Waals surface area (Å²) >= 11 is 0. The lowest BCUT2D eigenvalue weighted by atomic mass is 10.1. The Bertz CT molecular complexity index is 839. The summed E-state index contributed by atoms with van der Waals surface area (Å²) in [6.07, 6.45) is 2.09. The van der Waals surface area contributed by atoms with E-state index in [1.54, 1.807) is 0 Å². The highest BCUT2D eigenvalue weighted by molar-refractivity contribution is 5.65. The van der Waals surface area contributed by atoms with Crippen molar-refractivity contribution in [2.75, 3.05) is 17.2 Å². The van der Waals surface area contributed by atoms with Crippen LogP contribution in [0.5, 0.6) is 0 Å². The summed E-state index contributed by atoms with van der Waals surface area (Å²) < 4.78 is 0. The van der Waals surface area contributed by atoms with Crippen LogP contribution in [-0.2, 0) is 6.42 Å². The second kappa shape index (κ2) is 8.48. The summed E-state index contributed by atoms with van der Waals surface area (Å²) in [5.41, 5.74) is 5.83. The zero-order chi connectivity index (χ0) is 18.4. The number of anilines is 3. The third-order valence-electron chi connectivity index (χ3n) is 4.36. The Kier molecular flexibility index (Phi) is 5.84. The Balaban J connectivity index is 1.62. The molecule has 0 aliphatic rings. The lowest BCUT2D eigenvalue weighted by molar-refractivity contribution is 0.851. The molecule has 0 bridgehead atoms. The maximum atomic E-state index is 4.62. The molecule has 0 fully saturated rings. The minimum Gasteiger partial charge on any atom is -0.354 e. The zero-order valence-electron chi connectivity index (χ0n) is 15.7. The predicted octanol–water partition coefficient (Wildman–Crippen LogP) is 5.19. The van der Waals surface area contributed by atoms with E-state index in [2.05, 4.69) is 76.9 Å². The molecule has 0 saturated heterocycles. The van der Waals surface area contributed by atoms with Gasteiger partial charge in [-0.15, -0.1) is 0 Å². The van der Waals surface area contributed by atoms with Gasteiger partial charge in [-0.2, -0.15) is 4.98 Å². The van der Waals surface area contributed by atoms with E-state index in [0.29, 0.717) is 5.95 Å². The van der Waals surface area contributed by atoms with Crippen molar-refractivity contribution in [3.8, 4) is 0 Å². The van der Waals surface area contributed by atoms with E-state index in [4.69, 9.17) is 0 Å². The predicted molar refractivity (Wildman–Crippen MR) is 109 cm³/mol. The molecule has 1 aromatic heterocycles. The third-order valence-corrected chi connectivity index (χ3v) is 4.36. The van der Waals surface area contributed by atoms with Gasteiger partial charge in [0, 0.05) is 24.0 Å². The number of nitrogens with one attached hydrogen (secondary N) is 2. The average Bonchev–Trinajstić information content (AvgIpc) is 2.63. The molecule has 0 aliphatic carbocycles. The van der Waals surface area contributed by atoms with Crippen LogP contribution in [0.2, 0.25) is 0 Å². The highest BCUT2D eigenvalue weighted by Crippen LogP contribution is 2.24. The van der Waals surface area contributed by atoms with Crippen LogP contribution >= 0.6 is 0 Å². The van der Waals surface area contributed by atoms with E-state index in [9.17, 15) is 0 Å². The molecule has 0 saturated carbocycles. The van der Waals surface area contributed by atoms with Crippen molar-refractivity contribution in [3.63, 3.8) is 0 Å². The lowest BCUT2D eigenvalue weighted by Gasteiger charge is -2.13. The van der Waals surface area contributed by atoms with E-state index in [0.717, 1.165) is 36.6 Å². The average molecular weight is 346 g/mol. The molecule has 0 amide bonds. The molecule has 0 radical (unpaired) electrons. The largest absolute Gasteiger partial charge is 0.354 e. The summed E-state index contributed by atoms with van der Waals surface area (Å²) in [6.45, 7) is 7.05. The molecule has 26 heavy (non-hydrogen) atoms. The standard InChI is InChI=1S/C22H26N4/c1-16-9-7-10-17(2)21(16)25-20-15-18(3)24-22(26-20)23-14-8-13-19-11-5-4-6-12-19/h4-7,9-12,15H,8,13-14H2,1-3H3,(H2,23,24,25,26). The molecular weight excluding hydrogens is 320 g/mol. The first-order chi connectivity index (χ1) is 12.6. The SMILES string of the molecule is Cc1cc(Nc2c(C)cccc2C)nc(NCCCc2ccccc2)n1. The summed E-state index contributed by atoms with van der Waals surface area (Å²) in [5, 5.41) is 6.80. The monoisotopic (exact) mass is 346 g/mol. The molecule has 0 aliphatic heterocycles. The van der Waals surface area contributed by atoms with Gasteiger partial charge in [0.25, 0.3) is 0 Å². The van der Waals surface area contributed by atoms with Gasteiger partial charge in [0.05, 0.1) is 0 Å². The van der Waals surface area contributed by atoms with Gasteiger partial charge in [-0.3, -0.25) is 0 Å². The first-order valence-corrected chi connectivity index (χ1v) is 9.08. The van der Waals surface area contributed by atoms with Crippen molar-refractivity contribution in [3.05, 3.63) is 77.0 Å². The van der Waals surface area contributed by atoms with Crippen LogP contribution in [0.3, 0.4) is 0 Å². The number of hydrogen-bond donors (Lipinski definition) is 2. The van der Waals surface area contributed by atoms with Crippen molar-refractivity contribution in [1.82, 2.24) is 9.97 Å². The van der Waals surface area contributed by atoms with Crippen LogP contribution in [-0.4, -0.2) is 16.5 Å². The second-order valence-corrected chi connectivity index (χ2v) is 6.63. The maximum Gasteiger partial charge on any atom is 0.224 e. The van der Waals surface area contributed by atoms with Gasteiger partial charge in [-0.05, 0) is 50.3 Å². The Morgan fingerprint density at radius 3 is 2.31 bits per heavy atom. The van der Waals surface area contributed by atoms with Crippen LogP contribution in [0.4, 0.5) is 17.5 Å². The van der Waals surface area contributed by atoms with Gasteiger partial charge in [0.1, 0.15) is 5.82 Å². The molecule has 0 unspecified atom stereocenters. The molecule has 4 nitrogen and oxygen atoms in total. The number of benzene rings is 2. The fourth-order valence-electron chi connectivity index (χ4n) is 2.99. The Morgan fingerprint density at radius 2 is 1.58 bits per heavy atom. The van der Waals surface area contributed by atoms with Crippen LogP contribution in [0.25, 0.3) is 0 Å². The van der Waals surface area contributed by atoms with Crippen LogP contribution in [0.1, 0.15) is 28.8 Å². The number of aromatic nitrogens is 2. The molecule has 3 aromatic rings. The van der Waals surface area contributed by atoms with Gasteiger partial charge in [0.15, 0.2) is 0 Å². The number of hydrogen-bond acceptors (Lipinski definition) is 4. The second-order valence-electron chi connectivity index (χ2n) is 6.63. The van der Waals surface area contributed by atoms with Crippen LogP contribution in [0, 0.1) is 20.8 Å². The van der Waals surface area contributed by atoms with Crippen LogP contribution in [0.15, 0.2) is 54.6 Å². The molecule has 1 heterocycles. The number of aryl methyl sites for hydroxylation is 4. The number of nitrogens with zero attached hydrogens (tertiary/aromatic N) is 2. The molecule has 2 aromatic carbocycles. The molecule has 0 atom stereocenters. The number of para-hydroxylation sites is 1. The minimum absolute atomic E-state index is 0.673. The summed E-state index contributed by atoms with van der Waals surface area (Å²) in [7, 11) is 0. The molecule has 4 heteroatoms. The van der Waals surface area contributed by atoms with E-state index in [-0.39, 0.29) is 0 Å². The lowest BCUT2D eigenvalue weighted by Crippen LogP contribution is -2.09. The quantitative estimate of drug-likeness (QED) is 0.578. The third kappa shape index (κ3) is 4.82. The Labute approximate surface area is 155 Å². The molecule has 2 N–H and O–H groups in total. The van der Waals surface area contributed by atoms with Gasteiger partial charge in [-0.25, -0.2) is 4.98 Å². The summed E-state index contributed by atoms with van der Waals surface area (Å²) in [5.74, 6) is 1.49. The summed E-state index contributed by atoms with van der Waals surface area (Å²) in [4.78, 5) is 9.12. The maximum absolute atomic E-state index is 4.62. The highest BCUT2D eigenvalue weighted by Gasteiger charge is 2.06. The van der Waals surface area contributed by atoms with E-state index in [1.807, 2.05) is 19.1 Å². The van der Waals surface area contributed by atoms with Crippen molar-refractivity contribution in [1.29, 1.82) is 0 Å².